The Balaban J connectivity index is 2.21. The van der Waals surface area contributed by atoms with Gasteiger partial charge in [0, 0.05) is 12.6 Å². The van der Waals surface area contributed by atoms with E-state index in [0.29, 0.717) is 6.04 Å². The van der Waals surface area contributed by atoms with Crippen molar-refractivity contribution in [3.63, 3.8) is 0 Å². The van der Waals surface area contributed by atoms with Crippen LogP contribution in [0.4, 0.5) is 0 Å². The fraction of sp³-hybridized carbons (Fsp3) is 0.444. The zero-order chi connectivity index (χ0) is 14.4. The number of nitrogens with zero attached hydrogens (tertiary/aromatic N) is 1. The Labute approximate surface area is 122 Å². The molecule has 2 aromatic rings. The normalized spacial score (nSPS) is 13.0. The second-order valence-corrected chi connectivity index (χ2v) is 5.53. The van der Waals surface area contributed by atoms with Crippen LogP contribution in [0.5, 0.6) is 0 Å². The summed E-state index contributed by atoms with van der Waals surface area (Å²) in [5.41, 5.74) is 1.40. The van der Waals surface area contributed by atoms with Gasteiger partial charge in [-0.1, -0.05) is 55.8 Å². The van der Waals surface area contributed by atoms with Gasteiger partial charge in [0.15, 0.2) is 0 Å². The molecule has 0 radical (unpaired) electrons. The van der Waals surface area contributed by atoms with Crippen molar-refractivity contribution in [1.82, 2.24) is 10.2 Å². The predicted octanol–water partition coefficient (Wildman–Crippen LogP) is 3.83. The van der Waals surface area contributed by atoms with E-state index in [-0.39, 0.29) is 0 Å². The van der Waals surface area contributed by atoms with E-state index < -0.39 is 0 Å². The molecule has 0 saturated carbocycles. The fourth-order valence-electron chi connectivity index (χ4n) is 2.73. The number of benzene rings is 2. The van der Waals surface area contributed by atoms with Crippen LogP contribution in [0.15, 0.2) is 42.5 Å². The molecule has 1 atom stereocenters. The summed E-state index contributed by atoms with van der Waals surface area (Å²) in [5, 5.41) is 6.16. The predicted molar refractivity (Wildman–Crippen MR) is 88.2 cm³/mol. The Bertz CT molecular complexity index is 530. The van der Waals surface area contributed by atoms with Gasteiger partial charge in [-0.3, -0.25) is 0 Å². The molecular formula is C18H26N2. The quantitative estimate of drug-likeness (QED) is 0.822. The van der Waals surface area contributed by atoms with Crippen LogP contribution in [0.2, 0.25) is 0 Å². The highest BCUT2D eigenvalue weighted by atomic mass is 15.1. The van der Waals surface area contributed by atoms with Gasteiger partial charge in [-0.25, -0.2) is 0 Å². The van der Waals surface area contributed by atoms with Gasteiger partial charge in [-0.2, -0.15) is 0 Å². The Morgan fingerprint density at radius 1 is 1.10 bits per heavy atom. The first-order valence-electron chi connectivity index (χ1n) is 7.59. The molecular weight excluding hydrogens is 244 g/mol. The van der Waals surface area contributed by atoms with Crippen molar-refractivity contribution >= 4 is 10.8 Å². The summed E-state index contributed by atoms with van der Waals surface area (Å²) in [4.78, 5) is 2.42. The minimum absolute atomic E-state index is 0.378. The van der Waals surface area contributed by atoms with E-state index in [1.165, 1.54) is 35.7 Å². The average molecular weight is 270 g/mol. The molecule has 20 heavy (non-hydrogen) atoms. The molecule has 0 bridgehead atoms. The Morgan fingerprint density at radius 2 is 1.85 bits per heavy atom. The summed E-state index contributed by atoms with van der Waals surface area (Å²) in [6.45, 7) is 4.46. The largest absolute Gasteiger partial charge is 0.312 e. The molecule has 0 heterocycles. The van der Waals surface area contributed by atoms with Crippen LogP contribution in [0, 0.1) is 0 Å². The number of hydrogen-bond donors (Lipinski definition) is 1. The number of fused-ring (bicyclic) bond motifs is 1. The summed E-state index contributed by atoms with van der Waals surface area (Å²) in [5.74, 6) is 0. The van der Waals surface area contributed by atoms with E-state index in [2.05, 4.69) is 73.7 Å². The zero-order valence-corrected chi connectivity index (χ0v) is 12.9. The maximum Gasteiger partial charge on any atom is 0.0452 e. The van der Waals surface area contributed by atoms with Crippen molar-refractivity contribution in [2.75, 3.05) is 27.2 Å². The van der Waals surface area contributed by atoms with Gasteiger partial charge in [-0.05, 0) is 43.4 Å². The smallest absolute Gasteiger partial charge is 0.0452 e. The molecule has 0 aliphatic rings. The van der Waals surface area contributed by atoms with Crippen molar-refractivity contribution < 1.29 is 0 Å². The minimum atomic E-state index is 0.378. The molecule has 2 nitrogen and oxygen atoms in total. The molecule has 2 aromatic carbocycles. The number of likely N-dealkylation sites (N-methyl/N-ethyl adjacent to an activating group) is 2. The zero-order valence-electron chi connectivity index (χ0n) is 12.9. The molecule has 2 heteroatoms. The SMILES string of the molecule is CCCCN(C)CC(NC)c1cccc2ccccc12. The Kier molecular flexibility index (Phi) is 5.57. The minimum Gasteiger partial charge on any atom is -0.312 e. The third-order valence-corrected chi connectivity index (χ3v) is 3.93. The number of nitrogens with one attached hydrogen (secondary N) is 1. The summed E-state index contributed by atoms with van der Waals surface area (Å²) in [6, 6.07) is 15.6. The van der Waals surface area contributed by atoms with Crippen LogP contribution in [0.1, 0.15) is 31.4 Å². The van der Waals surface area contributed by atoms with Gasteiger partial charge in [0.05, 0.1) is 0 Å². The second kappa shape index (κ2) is 7.41. The van der Waals surface area contributed by atoms with Crippen LogP contribution in [-0.2, 0) is 0 Å². The summed E-state index contributed by atoms with van der Waals surface area (Å²) >= 11 is 0. The first-order chi connectivity index (χ1) is 9.76. The lowest BCUT2D eigenvalue weighted by Crippen LogP contribution is -2.32. The highest BCUT2D eigenvalue weighted by Gasteiger charge is 2.14. The van der Waals surface area contributed by atoms with Crippen molar-refractivity contribution in [2.24, 2.45) is 0 Å². The standard InChI is InChI=1S/C18H26N2/c1-4-5-13-20(3)14-18(19-2)17-12-8-10-15-9-6-7-11-16(15)17/h6-12,18-19H,4-5,13-14H2,1-3H3. The van der Waals surface area contributed by atoms with Crippen molar-refractivity contribution in [3.8, 4) is 0 Å². The van der Waals surface area contributed by atoms with Gasteiger partial charge in [0.2, 0.25) is 0 Å². The first kappa shape index (κ1) is 15.0. The molecule has 0 aromatic heterocycles. The molecule has 2 rings (SSSR count). The summed E-state index contributed by atoms with van der Waals surface area (Å²) in [7, 11) is 4.27. The third-order valence-electron chi connectivity index (χ3n) is 3.93. The van der Waals surface area contributed by atoms with E-state index in [1.54, 1.807) is 0 Å². The van der Waals surface area contributed by atoms with Crippen LogP contribution < -0.4 is 5.32 Å². The van der Waals surface area contributed by atoms with Crippen LogP contribution >= 0.6 is 0 Å². The van der Waals surface area contributed by atoms with E-state index in [9.17, 15) is 0 Å². The Hall–Kier alpha value is -1.38. The highest BCUT2D eigenvalue weighted by molar-refractivity contribution is 5.86. The van der Waals surface area contributed by atoms with Gasteiger partial charge in [0.1, 0.15) is 0 Å². The number of rotatable bonds is 7. The first-order valence-corrected chi connectivity index (χ1v) is 7.59. The van der Waals surface area contributed by atoms with Crippen LogP contribution in [-0.4, -0.2) is 32.1 Å². The van der Waals surface area contributed by atoms with Gasteiger partial charge in [0.25, 0.3) is 0 Å². The number of unbranched alkanes of at least 4 members (excludes halogenated alkanes) is 1. The summed E-state index contributed by atoms with van der Waals surface area (Å²) in [6.07, 6.45) is 2.52. The number of hydrogen-bond acceptors (Lipinski definition) is 2. The molecule has 0 saturated heterocycles. The summed E-state index contributed by atoms with van der Waals surface area (Å²) < 4.78 is 0. The van der Waals surface area contributed by atoms with Crippen LogP contribution in [0.3, 0.4) is 0 Å². The van der Waals surface area contributed by atoms with Crippen molar-refractivity contribution in [3.05, 3.63) is 48.0 Å². The van der Waals surface area contributed by atoms with E-state index in [1.807, 2.05) is 0 Å². The molecule has 0 spiro atoms. The van der Waals surface area contributed by atoms with Gasteiger partial charge in [-0.15, -0.1) is 0 Å². The molecule has 108 valence electrons. The highest BCUT2D eigenvalue weighted by Crippen LogP contribution is 2.24. The van der Waals surface area contributed by atoms with Gasteiger partial charge < -0.3 is 10.2 Å². The van der Waals surface area contributed by atoms with Gasteiger partial charge >= 0.3 is 0 Å². The van der Waals surface area contributed by atoms with Crippen LogP contribution in [0.25, 0.3) is 10.8 Å². The van der Waals surface area contributed by atoms with Crippen molar-refractivity contribution in [1.29, 1.82) is 0 Å². The van der Waals surface area contributed by atoms with E-state index >= 15 is 0 Å². The average Bonchev–Trinajstić information content (AvgIpc) is 2.50. The molecule has 0 amide bonds. The van der Waals surface area contributed by atoms with E-state index in [0.717, 1.165) is 6.54 Å². The lowest BCUT2D eigenvalue weighted by molar-refractivity contribution is 0.293. The Morgan fingerprint density at radius 3 is 2.60 bits per heavy atom. The maximum atomic E-state index is 3.48. The topological polar surface area (TPSA) is 15.3 Å². The monoisotopic (exact) mass is 270 g/mol. The van der Waals surface area contributed by atoms with Crippen molar-refractivity contribution in [2.45, 2.75) is 25.8 Å². The molecule has 0 aliphatic carbocycles. The maximum absolute atomic E-state index is 3.48. The lowest BCUT2D eigenvalue weighted by Gasteiger charge is -2.25. The molecule has 0 aliphatic heterocycles. The van der Waals surface area contributed by atoms with E-state index in [4.69, 9.17) is 0 Å². The third kappa shape index (κ3) is 3.59. The molecule has 1 N–H and O–H groups in total. The molecule has 0 fully saturated rings. The fourth-order valence-corrected chi connectivity index (χ4v) is 2.73. The second-order valence-electron chi connectivity index (χ2n) is 5.53. The lowest BCUT2D eigenvalue weighted by atomic mass is 9.98. The molecule has 1 unspecified atom stereocenters.